The minimum atomic E-state index is 0.171. The zero-order valence-electron chi connectivity index (χ0n) is 32.1. The minimum absolute atomic E-state index is 0.171. The molecule has 55 heavy (non-hydrogen) atoms. The number of para-hydroxylation sites is 2. The monoisotopic (exact) mass is 707 g/mol. The fourth-order valence-corrected chi connectivity index (χ4v) is 9.31. The zero-order chi connectivity index (χ0) is 37.3. The highest BCUT2D eigenvalue weighted by molar-refractivity contribution is 6.25. The van der Waals surface area contributed by atoms with Crippen LogP contribution in [0.2, 0.25) is 0 Å². The van der Waals surface area contributed by atoms with Gasteiger partial charge in [-0.2, -0.15) is 0 Å². The van der Waals surface area contributed by atoms with Crippen molar-refractivity contribution in [1.82, 2.24) is 0 Å². The van der Waals surface area contributed by atoms with E-state index < -0.39 is 0 Å². The maximum atomic E-state index is 2.49. The summed E-state index contributed by atoms with van der Waals surface area (Å²) in [7, 11) is 0. The molecule has 0 atom stereocenters. The zero-order valence-corrected chi connectivity index (χ0v) is 32.1. The molecule has 0 N–H and O–H groups in total. The Kier molecular flexibility index (Phi) is 7.72. The summed E-state index contributed by atoms with van der Waals surface area (Å²) >= 11 is 0. The maximum Gasteiger partial charge on any atom is 0.0540 e. The summed E-state index contributed by atoms with van der Waals surface area (Å²) in [4.78, 5) is 2.42. The first kappa shape index (κ1) is 33.4. The quantitative estimate of drug-likeness (QED) is 0.161. The van der Waals surface area contributed by atoms with Gasteiger partial charge in [-0.25, -0.2) is 0 Å². The Labute approximate surface area is 324 Å². The second-order valence-electron chi connectivity index (χ2n) is 16.8. The molecule has 0 fully saturated rings. The van der Waals surface area contributed by atoms with Crippen LogP contribution in [0.1, 0.15) is 51.7 Å². The highest BCUT2D eigenvalue weighted by Gasteiger charge is 2.37. The van der Waals surface area contributed by atoms with Crippen LogP contribution in [0.15, 0.2) is 176 Å². The molecule has 0 spiro atoms. The summed E-state index contributed by atoms with van der Waals surface area (Å²) in [5, 5.41) is 10.4. The molecule has 0 aliphatic heterocycles. The lowest BCUT2D eigenvalue weighted by molar-refractivity contribution is 0.332. The van der Waals surface area contributed by atoms with Crippen molar-refractivity contribution in [3.8, 4) is 22.3 Å². The Morgan fingerprint density at radius 3 is 1.58 bits per heavy atom. The van der Waals surface area contributed by atoms with Crippen molar-refractivity contribution >= 4 is 60.2 Å². The van der Waals surface area contributed by atoms with Crippen molar-refractivity contribution in [2.45, 2.75) is 51.4 Å². The van der Waals surface area contributed by atoms with Gasteiger partial charge in [-0.15, -0.1) is 0 Å². The molecule has 9 aromatic carbocycles. The van der Waals surface area contributed by atoms with Gasteiger partial charge in [-0.3, -0.25) is 0 Å². The largest absolute Gasteiger partial charge is 0.310 e. The number of hydrogen-bond acceptors (Lipinski definition) is 1. The van der Waals surface area contributed by atoms with Gasteiger partial charge in [0.25, 0.3) is 0 Å². The number of hydrogen-bond donors (Lipinski definition) is 0. The maximum absolute atomic E-state index is 2.49. The second kappa shape index (κ2) is 12.7. The summed E-state index contributed by atoms with van der Waals surface area (Å²) in [5.41, 5.74) is 11.6. The number of fused-ring (bicyclic) bond motifs is 8. The van der Waals surface area contributed by atoms with Crippen LogP contribution in [-0.2, 0) is 10.8 Å². The van der Waals surface area contributed by atoms with Gasteiger partial charge in [0.05, 0.1) is 5.69 Å². The number of nitrogens with zero attached hydrogens (tertiary/aromatic N) is 1. The number of anilines is 3. The van der Waals surface area contributed by atoms with Crippen molar-refractivity contribution in [1.29, 1.82) is 0 Å². The van der Waals surface area contributed by atoms with Crippen LogP contribution in [0.5, 0.6) is 0 Å². The molecule has 1 nitrogen and oxygen atoms in total. The van der Waals surface area contributed by atoms with Crippen LogP contribution in [0.25, 0.3) is 65.3 Å². The Hall–Kier alpha value is -6.18. The van der Waals surface area contributed by atoms with Gasteiger partial charge >= 0.3 is 0 Å². The number of rotatable bonds is 5. The van der Waals surface area contributed by atoms with E-state index in [0.29, 0.717) is 0 Å². The second-order valence-corrected chi connectivity index (χ2v) is 16.8. The molecule has 0 unspecified atom stereocenters. The summed E-state index contributed by atoms with van der Waals surface area (Å²) in [5.74, 6) is 0. The SMILES string of the molecule is CC1(C)CCC(C)(C)c2cc3cc(-c4cccc(N(c5ccccc5)c5ccccc5-c5ccc6c7ccccc7c7ccccc7c6c5)c4)ccc3cc21. The van der Waals surface area contributed by atoms with Crippen molar-refractivity contribution in [2.75, 3.05) is 4.90 Å². The first-order valence-electron chi connectivity index (χ1n) is 19.7. The molecule has 0 heterocycles. The average molecular weight is 708 g/mol. The molecule has 1 aliphatic rings. The molecule has 0 radical (unpaired) electrons. The van der Waals surface area contributed by atoms with Gasteiger partial charge < -0.3 is 4.90 Å². The standard InChI is InChI=1S/C54H45N/c1-53(2)29-30-54(3,4)51-35-40-31-37(25-26-38(40)34-50(51)53)36-15-14-18-42(32-36)55(41-16-6-5-7-17-41)52-24-13-12-19-43(52)39-27-28-48-46-22-9-8-20-44(46)45-21-10-11-23-47(45)49(48)33-39/h5-28,31-35H,29-30H2,1-4H3. The third kappa shape index (κ3) is 5.61. The molecule has 0 saturated carbocycles. The molecule has 266 valence electrons. The summed E-state index contributed by atoms with van der Waals surface area (Å²) < 4.78 is 0. The Balaban J connectivity index is 1.12. The van der Waals surface area contributed by atoms with Crippen molar-refractivity contribution in [3.63, 3.8) is 0 Å². The van der Waals surface area contributed by atoms with Crippen LogP contribution in [0, 0.1) is 0 Å². The summed E-state index contributed by atoms with van der Waals surface area (Å²) in [6, 6.07) is 65.4. The van der Waals surface area contributed by atoms with Crippen LogP contribution < -0.4 is 4.90 Å². The Morgan fingerprint density at radius 2 is 0.891 bits per heavy atom. The number of benzene rings is 9. The molecule has 0 saturated heterocycles. The smallest absolute Gasteiger partial charge is 0.0540 e. The topological polar surface area (TPSA) is 3.24 Å². The third-order valence-electron chi connectivity index (χ3n) is 12.5. The molecule has 10 rings (SSSR count). The van der Waals surface area contributed by atoms with Crippen LogP contribution >= 0.6 is 0 Å². The normalized spacial score (nSPS) is 14.7. The van der Waals surface area contributed by atoms with Crippen LogP contribution in [-0.4, -0.2) is 0 Å². The van der Waals surface area contributed by atoms with E-state index >= 15 is 0 Å². The van der Waals surface area contributed by atoms with Gasteiger partial charge in [0.1, 0.15) is 0 Å². The van der Waals surface area contributed by atoms with E-state index in [1.165, 1.54) is 89.3 Å². The predicted molar refractivity (Wildman–Crippen MR) is 237 cm³/mol. The van der Waals surface area contributed by atoms with E-state index in [1.807, 2.05) is 0 Å². The first-order chi connectivity index (χ1) is 26.7. The van der Waals surface area contributed by atoms with Gasteiger partial charge in [0.2, 0.25) is 0 Å². The van der Waals surface area contributed by atoms with Crippen molar-refractivity contribution in [3.05, 3.63) is 187 Å². The van der Waals surface area contributed by atoms with Gasteiger partial charge in [-0.1, -0.05) is 161 Å². The summed E-state index contributed by atoms with van der Waals surface area (Å²) in [6.45, 7) is 9.65. The average Bonchev–Trinajstić information content (AvgIpc) is 3.23. The van der Waals surface area contributed by atoms with E-state index in [1.54, 1.807) is 0 Å². The first-order valence-corrected chi connectivity index (χ1v) is 19.7. The lowest BCUT2D eigenvalue weighted by Crippen LogP contribution is -2.33. The lowest BCUT2D eigenvalue weighted by atomic mass is 9.63. The Bertz CT molecular complexity index is 2900. The van der Waals surface area contributed by atoms with E-state index in [9.17, 15) is 0 Å². The molecular formula is C54H45N. The fourth-order valence-electron chi connectivity index (χ4n) is 9.31. The van der Waals surface area contributed by atoms with Crippen molar-refractivity contribution in [2.24, 2.45) is 0 Å². The summed E-state index contributed by atoms with van der Waals surface area (Å²) in [6.07, 6.45) is 2.43. The Morgan fingerprint density at radius 1 is 0.364 bits per heavy atom. The molecule has 0 aromatic heterocycles. The van der Waals surface area contributed by atoms with Crippen molar-refractivity contribution < 1.29 is 0 Å². The van der Waals surface area contributed by atoms with E-state index in [0.717, 1.165) is 17.1 Å². The van der Waals surface area contributed by atoms with E-state index in [2.05, 4.69) is 209 Å². The predicted octanol–water partition coefficient (Wildman–Crippen LogP) is 15.5. The molecular weight excluding hydrogens is 663 g/mol. The van der Waals surface area contributed by atoms with E-state index in [-0.39, 0.29) is 10.8 Å². The van der Waals surface area contributed by atoms with Gasteiger partial charge in [0, 0.05) is 16.9 Å². The highest BCUT2D eigenvalue weighted by Crippen LogP contribution is 2.48. The lowest BCUT2D eigenvalue weighted by Gasteiger charge is -2.42. The fraction of sp³-hybridized carbons (Fsp3) is 0.148. The van der Waals surface area contributed by atoms with Crippen LogP contribution in [0.4, 0.5) is 17.1 Å². The molecule has 9 aromatic rings. The molecule has 0 bridgehead atoms. The molecule has 1 aliphatic carbocycles. The third-order valence-corrected chi connectivity index (χ3v) is 12.5. The highest BCUT2D eigenvalue weighted by atomic mass is 15.1. The molecule has 1 heteroatoms. The molecule has 0 amide bonds. The van der Waals surface area contributed by atoms with E-state index in [4.69, 9.17) is 0 Å². The van der Waals surface area contributed by atoms with Gasteiger partial charge in [-0.05, 0) is 137 Å². The van der Waals surface area contributed by atoms with Gasteiger partial charge in [0.15, 0.2) is 0 Å². The minimum Gasteiger partial charge on any atom is -0.310 e. The van der Waals surface area contributed by atoms with Crippen LogP contribution in [0.3, 0.4) is 0 Å².